The predicted molar refractivity (Wildman–Crippen MR) is 74.3 cm³/mol. The molecule has 2 amide bonds. The van der Waals surface area contributed by atoms with Gasteiger partial charge in [0, 0.05) is 26.4 Å². The van der Waals surface area contributed by atoms with Crippen LogP contribution in [-0.2, 0) is 14.6 Å². The van der Waals surface area contributed by atoms with E-state index in [1.165, 1.54) is 16.8 Å². The number of carboxylic acids is 1. The highest BCUT2D eigenvalue weighted by Gasteiger charge is 2.38. The monoisotopic (exact) mass is 306 g/mol. The molecule has 20 heavy (non-hydrogen) atoms. The van der Waals surface area contributed by atoms with Gasteiger partial charge in [-0.3, -0.25) is 0 Å². The normalized spacial score (nSPS) is 23.4. The fourth-order valence-electron chi connectivity index (χ4n) is 2.40. The van der Waals surface area contributed by atoms with Crippen LogP contribution in [0, 0.1) is 5.92 Å². The zero-order chi connectivity index (χ0) is 15.5. The van der Waals surface area contributed by atoms with Crippen LogP contribution in [0.2, 0.25) is 0 Å². The van der Waals surface area contributed by atoms with Crippen molar-refractivity contribution in [1.29, 1.82) is 0 Å². The zero-order valence-electron chi connectivity index (χ0n) is 12.1. The maximum atomic E-state index is 12.3. The molecule has 1 saturated heterocycles. The molecule has 0 bridgehead atoms. The van der Waals surface area contributed by atoms with E-state index in [4.69, 9.17) is 0 Å². The lowest BCUT2D eigenvalue weighted by atomic mass is 9.91. The molecule has 116 valence electrons. The number of nitrogens with zero attached hydrogens (tertiary/aromatic N) is 2. The third kappa shape index (κ3) is 4.36. The molecule has 1 aliphatic heterocycles. The van der Waals surface area contributed by atoms with E-state index in [0.717, 1.165) is 19.1 Å². The van der Waals surface area contributed by atoms with Crippen LogP contribution >= 0.6 is 0 Å². The Hall–Kier alpha value is -1.31. The lowest BCUT2D eigenvalue weighted by Crippen LogP contribution is -2.55. The first-order valence-electron chi connectivity index (χ1n) is 6.55. The van der Waals surface area contributed by atoms with Crippen LogP contribution in [0.25, 0.3) is 0 Å². The average molecular weight is 306 g/mol. The van der Waals surface area contributed by atoms with Gasteiger partial charge in [-0.15, -0.1) is 0 Å². The largest absolute Gasteiger partial charge is 0.480 e. The molecule has 7 nitrogen and oxygen atoms in total. The van der Waals surface area contributed by atoms with Gasteiger partial charge in [-0.05, 0) is 18.8 Å². The molecule has 1 rings (SSSR count). The standard InChI is InChI=1S/C12H22N2O5S/c1-9-5-4-6-14(10(9)11(15)16)12(17)13(2)7-8-20(3,18)19/h9-10H,4-8H2,1-3H3,(H,15,16). The maximum Gasteiger partial charge on any atom is 0.326 e. The number of amides is 2. The van der Waals surface area contributed by atoms with E-state index in [-0.39, 0.29) is 18.2 Å². The summed E-state index contributed by atoms with van der Waals surface area (Å²) in [6.07, 6.45) is 2.64. The molecule has 0 saturated carbocycles. The Labute approximate surface area is 119 Å². The summed E-state index contributed by atoms with van der Waals surface area (Å²) in [6.45, 7) is 2.27. The van der Waals surface area contributed by atoms with Gasteiger partial charge < -0.3 is 14.9 Å². The molecule has 0 radical (unpaired) electrons. The Morgan fingerprint density at radius 1 is 1.40 bits per heavy atom. The summed E-state index contributed by atoms with van der Waals surface area (Å²) in [6, 6.07) is -1.26. The third-order valence-electron chi connectivity index (χ3n) is 3.56. The van der Waals surface area contributed by atoms with Crippen LogP contribution in [0.15, 0.2) is 0 Å². The summed E-state index contributed by atoms with van der Waals surface area (Å²) in [4.78, 5) is 26.2. The Balaban J connectivity index is 2.75. The van der Waals surface area contributed by atoms with Gasteiger partial charge in [0.05, 0.1) is 5.75 Å². The molecule has 1 fully saturated rings. The van der Waals surface area contributed by atoms with Gasteiger partial charge in [0.1, 0.15) is 15.9 Å². The van der Waals surface area contributed by atoms with Crippen molar-refractivity contribution in [1.82, 2.24) is 9.80 Å². The lowest BCUT2D eigenvalue weighted by Gasteiger charge is -2.39. The fourth-order valence-corrected chi connectivity index (χ4v) is 3.00. The minimum Gasteiger partial charge on any atom is -0.480 e. The van der Waals surface area contributed by atoms with Crippen LogP contribution in [0.4, 0.5) is 4.79 Å². The molecule has 1 heterocycles. The van der Waals surface area contributed by atoms with Crippen LogP contribution in [0.5, 0.6) is 0 Å². The van der Waals surface area contributed by atoms with Crippen LogP contribution in [-0.4, -0.2) is 73.5 Å². The minimum absolute atomic E-state index is 0.0644. The topological polar surface area (TPSA) is 95.0 Å². The highest BCUT2D eigenvalue weighted by molar-refractivity contribution is 7.90. The molecule has 0 spiro atoms. The van der Waals surface area contributed by atoms with E-state index in [1.54, 1.807) is 0 Å². The smallest absolute Gasteiger partial charge is 0.326 e. The molecular weight excluding hydrogens is 284 g/mol. The van der Waals surface area contributed by atoms with E-state index < -0.39 is 27.9 Å². The van der Waals surface area contributed by atoms with E-state index in [9.17, 15) is 23.1 Å². The average Bonchev–Trinajstić information content (AvgIpc) is 2.33. The first kappa shape index (κ1) is 16.7. The van der Waals surface area contributed by atoms with E-state index in [2.05, 4.69) is 0 Å². The van der Waals surface area contributed by atoms with Gasteiger partial charge in [0.15, 0.2) is 0 Å². The summed E-state index contributed by atoms with van der Waals surface area (Å²) in [5.74, 6) is -1.24. The number of hydrogen-bond donors (Lipinski definition) is 1. The highest BCUT2D eigenvalue weighted by Crippen LogP contribution is 2.24. The van der Waals surface area contributed by atoms with Gasteiger partial charge in [0.25, 0.3) is 0 Å². The summed E-state index contributed by atoms with van der Waals surface area (Å²) in [5, 5.41) is 9.26. The van der Waals surface area contributed by atoms with Crippen molar-refractivity contribution in [3.63, 3.8) is 0 Å². The number of carbonyl (C=O) groups excluding carboxylic acids is 1. The van der Waals surface area contributed by atoms with Crippen molar-refractivity contribution in [2.75, 3.05) is 32.1 Å². The number of aliphatic carboxylic acids is 1. The molecule has 0 aromatic rings. The van der Waals surface area contributed by atoms with E-state index >= 15 is 0 Å². The van der Waals surface area contributed by atoms with Crippen molar-refractivity contribution in [3.05, 3.63) is 0 Å². The molecule has 8 heteroatoms. The molecular formula is C12H22N2O5S. The Bertz CT molecular complexity index is 476. The Morgan fingerprint density at radius 3 is 2.50 bits per heavy atom. The molecule has 2 atom stereocenters. The van der Waals surface area contributed by atoms with Crippen LogP contribution in [0.3, 0.4) is 0 Å². The second kappa shape index (κ2) is 6.43. The zero-order valence-corrected chi connectivity index (χ0v) is 12.9. The van der Waals surface area contributed by atoms with Crippen molar-refractivity contribution in [2.45, 2.75) is 25.8 Å². The molecule has 0 aromatic carbocycles. The molecule has 1 N–H and O–H groups in total. The third-order valence-corrected chi connectivity index (χ3v) is 4.48. The van der Waals surface area contributed by atoms with Crippen molar-refractivity contribution in [3.8, 4) is 0 Å². The number of rotatable bonds is 4. The van der Waals surface area contributed by atoms with Gasteiger partial charge in [-0.25, -0.2) is 18.0 Å². The Kier molecular flexibility index (Phi) is 5.38. The van der Waals surface area contributed by atoms with E-state index in [1.807, 2.05) is 6.92 Å². The number of likely N-dealkylation sites (tertiary alicyclic amines) is 1. The summed E-state index contributed by atoms with van der Waals surface area (Å²) in [5.41, 5.74) is 0. The van der Waals surface area contributed by atoms with Gasteiger partial charge in [0.2, 0.25) is 0 Å². The molecule has 2 unspecified atom stereocenters. The molecule has 0 aromatic heterocycles. The first-order valence-corrected chi connectivity index (χ1v) is 8.62. The minimum atomic E-state index is -3.15. The number of carbonyl (C=O) groups is 2. The number of sulfone groups is 1. The van der Waals surface area contributed by atoms with Crippen molar-refractivity contribution >= 4 is 21.8 Å². The predicted octanol–water partition coefficient (Wildman–Crippen LogP) is 0.268. The van der Waals surface area contributed by atoms with Crippen LogP contribution < -0.4 is 0 Å². The van der Waals surface area contributed by atoms with Gasteiger partial charge >= 0.3 is 12.0 Å². The van der Waals surface area contributed by atoms with Gasteiger partial charge in [-0.1, -0.05) is 6.92 Å². The number of hydrogen-bond acceptors (Lipinski definition) is 4. The van der Waals surface area contributed by atoms with Crippen molar-refractivity contribution < 1.29 is 23.1 Å². The first-order chi connectivity index (χ1) is 9.13. The van der Waals surface area contributed by atoms with Crippen molar-refractivity contribution in [2.24, 2.45) is 5.92 Å². The Morgan fingerprint density at radius 2 is 2.00 bits per heavy atom. The summed E-state index contributed by atoms with van der Waals surface area (Å²) >= 11 is 0. The number of carboxylic acid groups (broad SMARTS) is 1. The fraction of sp³-hybridized carbons (Fsp3) is 0.833. The number of urea groups is 1. The SMILES string of the molecule is CC1CCCN(C(=O)N(C)CCS(C)(=O)=O)C1C(=O)O. The summed E-state index contributed by atoms with van der Waals surface area (Å²) < 4.78 is 22.2. The lowest BCUT2D eigenvalue weighted by molar-refractivity contribution is -0.145. The number of piperidine rings is 1. The van der Waals surface area contributed by atoms with Crippen LogP contribution in [0.1, 0.15) is 19.8 Å². The quantitative estimate of drug-likeness (QED) is 0.804. The molecule has 0 aliphatic carbocycles. The second-order valence-electron chi connectivity index (χ2n) is 5.43. The summed E-state index contributed by atoms with van der Waals surface area (Å²) in [7, 11) is -1.66. The highest BCUT2D eigenvalue weighted by atomic mass is 32.2. The maximum absolute atomic E-state index is 12.3. The van der Waals surface area contributed by atoms with Gasteiger partial charge in [-0.2, -0.15) is 0 Å². The second-order valence-corrected chi connectivity index (χ2v) is 7.69. The molecule has 1 aliphatic rings. The van der Waals surface area contributed by atoms with E-state index in [0.29, 0.717) is 6.54 Å².